The van der Waals surface area contributed by atoms with Crippen LogP contribution in [-0.2, 0) is 14.6 Å². The van der Waals surface area contributed by atoms with Crippen molar-refractivity contribution in [2.45, 2.75) is 31.9 Å². The molecule has 0 radical (unpaired) electrons. The first kappa shape index (κ1) is 18.2. The number of hydrogen-bond acceptors (Lipinski definition) is 4. The van der Waals surface area contributed by atoms with Crippen molar-refractivity contribution in [2.24, 2.45) is 10.9 Å². The van der Waals surface area contributed by atoms with Crippen molar-refractivity contribution < 1.29 is 13.2 Å². The zero-order chi connectivity index (χ0) is 16.1. The molecule has 1 aliphatic heterocycles. The summed E-state index contributed by atoms with van der Waals surface area (Å²) in [6.45, 7) is 8.91. The third kappa shape index (κ3) is 5.47. The van der Waals surface area contributed by atoms with Crippen molar-refractivity contribution in [3.05, 3.63) is 0 Å². The fourth-order valence-corrected chi connectivity index (χ4v) is 2.35. The van der Waals surface area contributed by atoms with E-state index in [0.29, 0.717) is 5.92 Å². The number of sulfone groups is 1. The Morgan fingerprint density at radius 1 is 1.48 bits per heavy atom. The Balaban J connectivity index is 2.72. The SMILES string of the molecule is CCNC(=NCC(C)(C)S(C)(=O)=O)N(C)CC1CCOC1. The van der Waals surface area contributed by atoms with Gasteiger partial charge >= 0.3 is 0 Å². The van der Waals surface area contributed by atoms with Gasteiger partial charge in [-0.1, -0.05) is 0 Å². The van der Waals surface area contributed by atoms with E-state index >= 15 is 0 Å². The summed E-state index contributed by atoms with van der Waals surface area (Å²) < 4.78 is 28.0. The molecule has 0 amide bonds. The summed E-state index contributed by atoms with van der Waals surface area (Å²) in [5, 5.41) is 3.22. The predicted octanol–water partition coefficient (Wildman–Crippen LogP) is 0.743. The van der Waals surface area contributed by atoms with E-state index in [1.165, 1.54) is 6.26 Å². The molecule has 7 heteroatoms. The zero-order valence-corrected chi connectivity index (χ0v) is 14.7. The van der Waals surface area contributed by atoms with E-state index < -0.39 is 14.6 Å². The molecule has 0 bridgehead atoms. The molecule has 0 aromatic rings. The summed E-state index contributed by atoms with van der Waals surface area (Å²) in [5.74, 6) is 1.27. The second kappa shape index (κ2) is 7.45. The highest BCUT2D eigenvalue weighted by Crippen LogP contribution is 2.16. The molecule has 0 aliphatic carbocycles. The van der Waals surface area contributed by atoms with Crippen molar-refractivity contribution in [1.29, 1.82) is 0 Å². The Bertz CT molecular complexity index is 454. The highest BCUT2D eigenvalue weighted by atomic mass is 32.2. The largest absolute Gasteiger partial charge is 0.381 e. The van der Waals surface area contributed by atoms with Gasteiger partial charge in [0.2, 0.25) is 0 Å². The standard InChI is InChI=1S/C14H29N3O3S/c1-6-15-13(16-11-14(2,3)21(5,18)19)17(4)9-12-7-8-20-10-12/h12H,6-11H2,1-5H3,(H,15,16). The van der Waals surface area contributed by atoms with E-state index in [9.17, 15) is 8.42 Å². The van der Waals surface area contributed by atoms with E-state index in [-0.39, 0.29) is 6.54 Å². The summed E-state index contributed by atoms with van der Waals surface area (Å²) >= 11 is 0. The minimum absolute atomic E-state index is 0.250. The molecule has 0 spiro atoms. The maximum absolute atomic E-state index is 11.8. The zero-order valence-electron chi connectivity index (χ0n) is 13.8. The van der Waals surface area contributed by atoms with Crippen LogP contribution in [0.25, 0.3) is 0 Å². The predicted molar refractivity (Wildman–Crippen MR) is 86.5 cm³/mol. The van der Waals surface area contributed by atoms with Crippen molar-refractivity contribution in [3.63, 3.8) is 0 Å². The fraction of sp³-hybridized carbons (Fsp3) is 0.929. The molecule has 0 aromatic carbocycles. The molecule has 124 valence electrons. The second-order valence-electron chi connectivity index (χ2n) is 6.31. The van der Waals surface area contributed by atoms with E-state index in [0.717, 1.165) is 38.7 Å². The average Bonchev–Trinajstić information content (AvgIpc) is 2.85. The summed E-state index contributed by atoms with van der Waals surface area (Å²) in [6, 6.07) is 0. The Hall–Kier alpha value is -0.820. The number of hydrogen-bond donors (Lipinski definition) is 1. The number of nitrogens with zero attached hydrogens (tertiary/aromatic N) is 2. The van der Waals surface area contributed by atoms with E-state index in [1.54, 1.807) is 13.8 Å². The molecule has 1 fully saturated rings. The minimum Gasteiger partial charge on any atom is -0.381 e. The van der Waals surface area contributed by atoms with Gasteiger partial charge < -0.3 is 15.0 Å². The molecule has 1 N–H and O–H groups in total. The Morgan fingerprint density at radius 3 is 2.62 bits per heavy atom. The summed E-state index contributed by atoms with van der Waals surface area (Å²) in [4.78, 5) is 6.56. The van der Waals surface area contributed by atoms with E-state index in [1.807, 2.05) is 14.0 Å². The van der Waals surface area contributed by atoms with Gasteiger partial charge in [0, 0.05) is 38.9 Å². The van der Waals surface area contributed by atoms with Gasteiger partial charge in [0.25, 0.3) is 0 Å². The van der Waals surface area contributed by atoms with Crippen LogP contribution in [0.3, 0.4) is 0 Å². The van der Waals surface area contributed by atoms with Gasteiger partial charge in [0.05, 0.1) is 17.9 Å². The van der Waals surface area contributed by atoms with Crippen LogP contribution in [0.5, 0.6) is 0 Å². The number of ether oxygens (including phenoxy) is 1. The number of rotatable bonds is 6. The maximum Gasteiger partial charge on any atom is 0.193 e. The molecule has 1 saturated heterocycles. The molecule has 1 rings (SSSR count). The van der Waals surface area contributed by atoms with Gasteiger partial charge in [0.1, 0.15) is 0 Å². The lowest BCUT2D eigenvalue weighted by Gasteiger charge is -2.26. The molecule has 0 aromatic heterocycles. The third-order valence-electron chi connectivity index (χ3n) is 3.87. The molecule has 21 heavy (non-hydrogen) atoms. The highest BCUT2D eigenvalue weighted by molar-refractivity contribution is 7.92. The van der Waals surface area contributed by atoms with Crippen LogP contribution in [0.2, 0.25) is 0 Å². The normalized spacial score (nSPS) is 20.6. The van der Waals surface area contributed by atoms with Crippen molar-refractivity contribution >= 4 is 15.8 Å². The number of guanidine groups is 1. The van der Waals surface area contributed by atoms with Crippen LogP contribution in [0.1, 0.15) is 27.2 Å². The second-order valence-corrected chi connectivity index (χ2v) is 8.96. The average molecular weight is 319 g/mol. The molecule has 6 nitrogen and oxygen atoms in total. The maximum atomic E-state index is 11.8. The lowest BCUT2D eigenvalue weighted by Crippen LogP contribution is -2.43. The van der Waals surface area contributed by atoms with Gasteiger partial charge in [-0.3, -0.25) is 4.99 Å². The molecule has 1 atom stereocenters. The molecule has 1 heterocycles. The van der Waals surface area contributed by atoms with Crippen molar-refractivity contribution in [2.75, 3.05) is 46.2 Å². The van der Waals surface area contributed by atoms with Gasteiger partial charge in [-0.25, -0.2) is 8.42 Å². The van der Waals surface area contributed by atoms with Crippen LogP contribution in [0.15, 0.2) is 4.99 Å². The molecule has 1 aliphatic rings. The molecular weight excluding hydrogens is 290 g/mol. The van der Waals surface area contributed by atoms with Gasteiger partial charge in [0.15, 0.2) is 15.8 Å². The van der Waals surface area contributed by atoms with E-state index in [4.69, 9.17) is 4.74 Å². The van der Waals surface area contributed by atoms with Crippen LogP contribution in [-0.4, -0.2) is 70.2 Å². The fourth-order valence-electron chi connectivity index (χ4n) is 2.05. The molecule has 0 saturated carbocycles. The van der Waals surface area contributed by atoms with Crippen LogP contribution in [0, 0.1) is 5.92 Å². The van der Waals surface area contributed by atoms with Gasteiger partial charge in [-0.05, 0) is 27.2 Å². The Morgan fingerprint density at radius 2 is 2.14 bits per heavy atom. The minimum atomic E-state index is -3.13. The topological polar surface area (TPSA) is 71.0 Å². The first-order valence-electron chi connectivity index (χ1n) is 7.44. The Labute approximate surface area is 128 Å². The van der Waals surface area contributed by atoms with Crippen LogP contribution >= 0.6 is 0 Å². The quantitative estimate of drug-likeness (QED) is 0.578. The lowest BCUT2D eigenvalue weighted by atomic mass is 10.1. The van der Waals surface area contributed by atoms with E-state index in [2.05, 4.69) is 15.2 Å². The number of nitrogens with one attached hydrogen (secondary N) is 1. The first-order valence-corrected chi connectivity index (χ1v) is 9.33. The van der Waals surface area contributed by atoms with Crippen LogP contribution < -0.4 is 5.32 Å². The smallest absolute Gasteiger partial charge is 0.193 e. The molecular formula is C14H29N3O3S. The summed E-state index contributed by atoms with van der Waals surface area (Å²) in [6.07, 6.45) is 2.33. The highest BCUT2D eigenvalue weighted by Gasteiger charge is 2.30. The first-order chi connectivity index (χ1) is 9.67. The third-order valence-corrected chi connectivity index (χ3v) is 6.00. The molecule has 1 unspecified atom stereocenters. The summed E-state index contributed by atoms with van der Waals surface area (Å²) in [7, 11) is -1.16. The van der Waals surface area contributed by atoms with Crippen molar-refractivity contribution in [1.82, 2.24) is 10.2 Å². The van der Waals surface area contributed by atoms with Crippen LogP contribution in [0.4, 0.5) is 0 Å². The lowest BCUT2D eigenvalue weighted by molar-refractivity contribution is 0.181. The van der Waals surface area contributed by atoms with Gasteiger partial charge in [-0.15, -0.1) is 0 Å². The monoisotopic (exact) mass is 319 g/mol. The van der Waals surface area contributed by atoms with Gasteiger partial charge in [-0.2, -0.15) is 0 Å². The summed E-state index contributed by atoms with van der Waals surface area (Å²) in [5.41, 5.74) is 0. The Kier molecular flexibility index (Phi) is 6.46. The van der Waals surface area contributed by atoms with Crippen molar-refractivity contribution in [3.8, 4) is 0 Å². The number of aliphatic imine (C=N–C) groups is 1.